The van der Waals surface area contributed by atoms with Gasteiger partial charge in [0.15, 0.2) is 11.2 Å². The molecule has 0 saturated heterocycles. The molecule has 0 amide bonds. The fourth-order valence-corrected chi connectivity index (χ4v) is 3.28. The monoisotopic (exact) mass is 433 g/mol. The summed E-state index contributed by atoms with van der Waals surface area (Å²) < 4.78 is 11.1. The van der Waals surface area contributed by atoms with Crippen LogP contribution in [0, 0.1) is 0 Å². The number of hydrogen-bond acceptors (Lipinski definition) is 6. The predicted molar refractivity (Wildman–Crippen MR) is 130 cm³/mol. The van der Waals surface area contributed by atoms with E-state index in [1.165, 1.54) is 0 Å². The van der Waals surface area contributed by atoms with E-state index in [1.807, 2.05) is 60.7 Å². The molecule has 0 bridgehead atoms. The van der Waals surface area contributed by atoms with Gasteiger partial charge in [0.1, 0.15) is 22.5 Å². The van der Waals surface area contributed by atoms with Crippen molar-refractivity contribution in [2.24, 2.45) is 0 Å². The van der Waals surface area contributed by atoms with Crippen molar-refractivity contribution >= 4 is 32.3 Å². The molecule has 33 heavy (non-hydrogen) atoms. The van der Waals surface area contributed by atoms with Crippen LogP contribution >= 0.6 is 0 Å². The summed E-state index contributed by atoms with van der Waals surface area (Å²) in [5, 5.41) is 19.4. The quantitative estimate of drug-likeness (QED) is 0.314. The van der Waals surface area contributed by atoms with Gasteiger partial charge in [0, 0.05) is 0 Å². The van der Waals surface area contributed by atoms with Crippen molar-refractivity contribution < 1.29 is 21.9 Å². The molecule has 7 heteroatoms. The van der Waals surface area contributed by atoms with Crippen LogP contribution in [0.25, 0.3) is 45.1 Å². The van der Waals surface area contributed by atoms with E-state index in [4.69, 9.17) is 8.83 Å². The summed E-state index contributed by atoms with van der Waals surface area (Å²) in [4.78, 5) is 8.63. The first kappa shape index (κ1) is 21.8. The van der Waals surface area contributed by atoms with Crippen molar-refractivity contribution in [3.63, 3.8) is 0 Å². The number of fused-ring (bicyclic) bond motifs is 2. The number of benzene rings is 4. The summed E-state index contributed by atoms with van der Waals surface area (Å²) in [5.74, 6) is 1.24. The zero-order chi connectivity index (χ0) is 21.9. The molecule has 0 fully saturated rings. The molecular formula is C26H20BeN2O4. The SMILES string of the molecule is Oc1ccccc1-c1nc2ccccc2o1.Oc1ccccc1-c1nc2ccccc2o1.[Be+2].[H-].[H-]. The molecule has 4 aromatic carbocycles. The maximum absolute atomic E-state index is 9.69. The molecule has 2 heterocycles. The van der Waals surface area contributed by atoms with E-state index in [-0.39, 0.29) is 24.5 Å². The summed E-state index contributed by atoms with van der Waals surface area (Å²) >= 11 is 0. The fraction of sp³-hybridized carbons (Fsp3) is 0. The molecule has 0 saturated carbocycles. The molecule has 0 aliphatic rings. The van der Waals surface area contributed by atoms with Crippen molar-refractivity contribution in [3.05, 3.63) is 97.1 Å². The molecule has 6 nitrogen and oxygen atoms in total. The van der Waals surface area contributed by atoms with E-state index < -0.39 is 0 Å². The molecule has 0 aliphatic carbocycles. The summed E-state index contributed by atoms with van der Waals surface area (Å²) in [5.41, 5.74) is 4.25. The first-order valence-corrected chi connectivity index (χ1v) is 9.97. The van der Waals surface area contributed by atoms with Crippen LogP contribution in [0.5, 0.6) is 11.5 Å². The Bertz CT molecular complexity index is 1350. The van der Waals surface area contributed by atoms with Crippen LogP contribution in [0.1, 0.15) is 2.85 Å². The second-order valence-corrected chi connectivity index (χ2v) is 7.01. The van der Waals surface area contributed by atoms with Crippen LogP contribution in [0.2, 0.25) is 0 Å². The third-order valence-electron chi connectivity index (χ3n) is 4.86. The number of para-hydroxylation sites is 6. The van der Waals surface area contributed by atoms with Gasteiger partial charge in [-0.15, -0.1) is 0 Å². The summed E-state index contributed by atoms with van der Waals surface area (Å²) in [6.45, 7) is 0. The third kappa shape index (κ3) is 4.47. The van der Waals surface area contributed by atoms with Crippen LogP contribution < -0.4 is 0 Å². The molecule has 0 unspecified atom stereocenters. The van der Waals surface area contributed by atoms with Crippen LogP contribution in [-0.2, 0) is 0 Å². The van der Waals surface area contributed by atoms with E-state index in [0.29, 0.717) is 22.9 Å². The van der Waals surface area contributed by atoms with Gasteiger partial charge in [-0.2, -0.15) is 0 Å². The summed E-state index contributed by atoms with van der Waals surface area (Å²) in [7, 11) is 0. The van der Waals surface area contributed by atoms with E-state index in [1.54, 1.807) is 36.4 Å². The number of hydrogen-bond donors (Lipinski definition) is 2. The second-order valence-electron chi connectivity index (χ2n) is 7.01. The number of phenolic OH excluding ortho intramolecular Hbond substituents is 2. The number of rotatable bonds is 2. The molecule has 6 aromatic rings. The number of aromatic nitrogens is 2. The smallest absolute Gasteiger partial charge is 1.00 e. The van der Waals surface area contributed by atoms with Crippen molar-refractivity contribution in [1.29, 1.82) is 0 Å². The largest absolute Gasteiger partial charge is 2.00 e. The molecule has 0 spiro atoms. The predicted octanol–water partition coefficient (Wildman–Crippen LogP) is 6.25. The van der Waals surface area contributed by atoms with Gasteiger partial charge in [-0.25, -0.2) is 9.97 Å². The number of phenols is 2. The van der Waals surface area contributed by atoms with Crippen LogP contribution in [0.3, 0.4) is 0 Å². The minimum Gasteiger partial charge on any atom is -1.00 e. The van der Waals surface area contributed by atoms with Gasteiger partial charge in [0.05, 0.1) is 11.1 Å². The minimum absolute atomic E-state index is 0. The Balaban J connectivity index is 0.000000227. The average molecular weight is 433 g/mol. The van der Waals surface area contributed by atoms with Crippen molar-refractivity contribution in [1.82, 2.24) is 9.97 Å². The Morgan fingerprint density at radius 1 is 0.515 bits per heavy atom. The summed E-state index contributed by atoms with van der Waals surface area (Å²) in [6.07, 6.45) is 0. The van der Waals surface area contributed by atoms with Gasteiger partial charge in [-0.05, 0) is 48.5 Å². The van der Waals surface area contributed by atoms with E-state index in [0.717, 1.165) is 22.2 Å². The Labute approximate surface area is 196 Å². The Morgan fingerprint density at radius 3 is 1.27 bits per heavy atom. The zero-order valence-corrected chi connectivity index (χ0v) is 17.6. The van der Waals surface area contributed by atoms with Gasteiger partial charge in [0.2, 0.25) is 11.8 Å². The Morgan fingerprint density at radius 2 is 0.879 bits per heavy atom. The molecule has 0 aliphatic heterocycles. The Hall–Kier alpha value is -4.41. The first-order chi connectivity index (χ1) is 15.7. The van der Waals surface area contributed by atoms with E-state index in [9.17, 15) is 10.2 Å². The van der Waals surface area contributed by atoms with Crippen molar-refractivity contribution in [3.8, 4) is 34.4 Å². The van der Waals surface area contributed by atoms with Crippen LogP contribution in [0.4, 0.5) is 0 Å². The van der Waals surface area contributed by atoms with Gasteiger partial charge < -0.3 is 21.9 Å². The maximum Gasteiger partial charge on any atom is 2.00 e. The molecule has 2 aromatic heterocycles. The standard InChI is InChI=1S/2C13H9NO2.Be.2H/c2*15-11-7-3-1-5-9(11)13-14-10-6-2-4-8-12(10)16-13;;;/h2*1-8,15H;;;/q;;+2;2*-1. The van der Waals surface area contributed by atoms with Gasteiger partial charge in [-0.1, -0.05) is 48.5 Å². The van der Waals surface area contributed by atoms with Gasteiger partial charge in [-0.3, -0.25) is 0 Å². The van der Waals surface area contributed by atoms with Gasteiger partial charge >= 0.3 is 10.1 Å². The van der Waals surface area contributed by atoms with E-state index >= 15 is 0 Å². The number of oxazole rings is 2. The molecule has 6 rings (SSSR count). The average Bonchev–Trinajstić information content (AvgIpc) is 3.44. The van der Waals surface area contributed by atoms with E-state index in [2.05, 4.69) is 9.97 Å². The third-order valence-corrected chi connectivity index (χ3v) is 4.86. The number of aromatic hydroxyl groups is 2. The van der Waals surface area contributed by atoms with Crippen molar-refractivity contribution in [2.45, 2.75) is 0 Å². The summed E-state index contributed by atoms with van der Waals surface area (Å²) in [6, 6.07) is 29.0. The Kier molecular flexibility index (Phi) is 6.20. The maximum atomic E-state index is 9.69. The molecule has 0 atom stereocenters. The van der Waals surface area contributed by atoms with Crippen LogP contribution in [0.15, 0.2) is 106 Å². The fourth-order valence-electron chi connectivity index (χ4n) is 3.28. The topological polar surface area (TPSA) is 92.5 Å². The molecule has 0 radical (unpaired) electrons. The minimum atomic E-state index is 0. The van der Waals surface area contributed by atoms with Gasteiger partial charge in [0.25, 0.3) is 0 Å². The molecular weight excluding hydrogens is 413 g/mol. The number of nitrogens with zero attached hydrogens (tertiary/aromatic N) is 2. The second kappa shape index (κ2) is 9.38. The normalized spacial score (nSPS) is 10.4. The molecule has 160 valence electrons. The molecule has 2 N–H and O–H groups in total. The van der Waals surface area contributed by atoms with Crippen molar-refractivity contribution in [2.75, 3.05) is 0 Å². The van der Waals surface area contributed by atoms with Crippen LogP contribution in [-0.4, -0.2) is 30.3 Å². The zero-order valence-electron chi connectivity index (χ0n) is 19.6. The first-order valence-electron chi connectivity index (χ1n) is 9.97.